The standard InChI is InChI=1S/C25H35N3O6S/c1-4-18-17-19(5-2)24(33-3)22(25(29)30)23(18)27-35(31,32)21-10-7-6-9-20(21)26-11-8-12-28-13-15-34-16-14-28/h6-7,9-10,17,26-27H,4-5,8,11-16H2,1-3H3,(H,29,30). The molecule has 1 saturated heterocycles. The van der Waals surface area contributed by atoms with Crippen molar-refractivity contribution in [3.8, 4) is 5.75 Å². The van der Waals surface area contributed by atoms with Gasteiger partial charge in [0.25, 0.3) is 10.0 Å². The molecular formula is C25H35N3O6S. The first-order chi connectivity index (χ1) is 16.8. The number of morpholine rings is 1. The van der Waals surface area contributed by atoms with E-state index in [1.807, 2.05) is 13.8 Å². The second kappa shape index (κ2) is 12.2. The van der Waals surface area contributed by atoms with Gasteiger partial charge in [-0.1, -0.05) is 32.0 Å². The van der Waals surface area contributed by atoms with Gasteiger partial charge in [-0.25, -0.2) is 13.2 Å². The summed E-state index contributed by atoms with van der Waals surface area (Å²) in [5, 5.41) is 13.2. The van der Waals surface area contributed by atoms with E-state index < -0.39 is 16.0 Å². The monoisotopic (exact) mass is 505 g/mol. The minimum absolute atomic E-state index is 0.0381. The maximum Gasteiger partial charge on any atom is 0.341 e. The zero-order valence-electron chi connectivity index (χ0n) is 20.6. The summed E-state index contributed by atoms with van der Waals surface area (Å²) in [7, 11) is -2.70. The molecule has 0 spiro atoms. The summed E-state index contributed by atoms with van der Waals surface area (Å²) in [4.78, 5) is 14.6. The summed E-state index contributed by atoms with van der Waals surface area (Å²) in [6.45, 7) is 8.53. The number of methoxy groups -OCH3 is 1. The number of aromatic carboxylic acids is 1. The van der Waals surface area contributed by atoms with Crippen LogP contribution in [0.25, 0.3) is 0 Å². The molecule has 0 aromatic heterocycles. The zero-order valence-corrected chi connectivity index (χ0v) is 21.4. The Morgan fingerprint density at radius 1 is 1.14 bits per heavy atom. The van der Waals surface area contributed by atoms with Crippen molar-refractivity contribution in [1.82, 2.24) is 4.90 Å². The molecule has 3 rings (SSSR count). The highest BCUT2D eigenvalue weighted by molar-refractivity contribution is 7.93. The Kier molecular flexibility index (Phi) is 9.36. The number of hydrogen-bond donors (Lipinski definition) is 3. The van der Waals surface area contributed by atoms with E-state index in [0.29, 0.717) is 36.2 Å². The first kappa shape index (κ1) is 26.8. The highest BCUT2D eigenvalue weighted by atomic mass is 32.2. The van der Waals surface area contributed by atoms with Gasteiger partial charge in [0.2, 0.25) is 0 Å². The van der Waals surface area contributed by atoms with Crippen LogP contribution in [0.15, 0.2) is 35.2 Å². The molecule has 2 aromatic carbocycles. The quantitative estimate of drug-likeness (QED) is 0.376. The van der Waals surface area contributed by atoms with Gasteiger partial charge < -0.3 is 19.9 Å². The van der Waals surface area contributed by atoms with Gasteiger partial charge >= 0.3 is 5.97 Å². The van der Waals surface area contributed by atoms with Crippen molar-refractivity contribution < 1.29 is 27.8 Å². The molecule has 1 heterocycles. The second-order valence-electron chi connectivity index (χ2n) is 8.33. The van der Waals surface area contributed by atoms with Crippen LogP contribution in [0.2, 0.25) is 0 Å². The molecule has 1 fully saturated rings. The molecule has 3 N–H and O–H groups in total. The average Bonchev–Trinajstić information content (AvgIpc) is 2.86. The minimum atomic E-state index is -4.09. The number of aryl methyl sites for hydroxylation is 2. The van der Waals surface area contributed by atoms with Crippen molar-refractivity contribution in [1.29, 1.82) is 0 Å². The molecule has 9 nitrogen and oxygen atoms in total. The van der Waals surface area contributed by atoms with Gasteiger partial charge in [-0.3, -0.25) is 9.62 Å². The van der Waals surface area contributed by atoms with Crippen molar-refractivity contribution in [2.75, 3.05) is 56.5 Å². The predicted molar refractivity (Wildman–Crippen MR) is 136 cm³/mol. The SMILES string of the molecule is CCc1cc(CC)c(OC)c(C(=O)O)c1NS(=O)(=O)c1ccccc1NCCCN1CCOCC1. The molecule has 0 unspecified atom stereocenters. The lowest BCUT2D eigenvalue weighted by molar-refractivity contribution is 0.0378. The largest absolute Gasteiger partial charge is 0.495 e. The molecule has 0 radical (unpaired) electrons. The highest BCUT2D eigenvalue weighted by Crippen LogP contribution is 2.37. The number of anilines is 2. The minimum Gasteiger partial charge on any atom is -0.495 e. The Morgan fingerprint density at radius 2 is 1.83 bits per heavy atom. The molecule has 0 aliphatic carbocycles. The number of para-hydroxylation sites is 1. The van der Waals surface area contributed by atoms with Gasteiger partial charge in [0.1, 0.15) is 16.2 Å². The van der Waals surface area contributed by atoms with Crippen molar-refractivity contribution in [2.45, 2.75) is 38.0 Å². The first-order valence-electron chi connectivity index (χ1n) is 11.9. The Balaban J connectivity index is 1.86. The molecule has 1 aliphatic rings. The average molecular weight is 506 g/mol. The van der Waals surface area contributed by atoms with Crippen LogP contribution < -0.4 is 14.8 Å². The van der Waals surface area contributed by atoms with Gasteiger partial charge in [0, 0.05) is 19.6 Å². The topological polar surface area (TPSA) is 117 Å². The number of hydrogen-bond acceptors (Lipinski definition) is 7. The van der Waals surface area contributed by atoms with Gasteiger partial charge in [-0.2, -0.15) is 0 Å². The molecule has 2 aromatic rings. The van der Waals surface area contributed by atoms with E-state index in [4.69, 9.17) is 9.47 Å². The number of ether oxygens (including phenoxy) is 2. The Bertz CT molecular complexity index is 1130. The predicted octanol–water partition coefficient (Wildman–Crippen LogP) is 3.45. The summed E-state index contributed by atoms with van der Waals surface area (Å²) in [6, 6.07) is 8.44. The third-order valence-corrected chi connectivity index (χ3v) is 7.51. The van der Waals surface area contributed by atoms with E-state index in [9.17, 15) is 18.3 Å². The molecule has 10 heteroatoms. The van der Waals surface area contributed by atoms with Gasteiger partial charge in [0.05, 0.1) is 31.7 Å². The molecule has 0 bridgehead atoms. The van der Waals surface area contributed by atoms with Gasteiger partial charge in [0.15, 0.2) is 0 Å². The van der Waals surface area contributed by atoms with Crippen molar-refractivity contribution in [2.24, 2.45) is 0 Å². The number of carboxylic acid groups (broad SMARTS) is 1. The van der Waals surface area contributed by atoms with Crippen molar-refractivity contribution in [3.05, 3.63) is 47.0 Å². The lowest BCUT2D eigenvalue weighted by Gasteiger charge is -2.26. The van der Waals surface area contributed by atoms with E-state index in [-0.39, 0.29) is 21.9 Å². The highest BCUT2D eigenvalue weighted by Gasteiger charge is 2.27. The van der Waals surface area contributed by atoms with E-state index in [1.54, 1.807) is 24.3 Å². The van der Waals surface area contributed by atoms with E-state index >= 15 is 0 Å². The lowest BCUT2D eigenvalue weighted by Crippen LogP contribution is -2.37. The van der Waals surface area contributed by atoms with Crippen LogP contribution in [0, 0.1) is 0 Å². The number of nitrogens with zero attached hydrogens (tertiary/aromatic N) is 1. The number of benzene rings is 2. The fraction of sp³-hybridized carbons (Fsp3) is 0.480. The summed E-state index contributed by atoms with van der Waals surface area (Å²) in [5.74, 6) is -1.08. The van der Waals surface area contributed by atoms with Crippen LogP contribution in [0.3, 0.4) is 0 Å². The second-order valence-corrected chi connectivity index (χ2v) is 9.98. The van der Waals surface area contributed by atoms with E-state index in [0.717, 1.165) is 39.3 Å². The van der Waals surface area contributed by atoms with Crippen LogP contribution in [-0.2, 0) is 27.6 Å². The third-order valence-electron chi connectivity index (χ3n) is 6.10. The Hall–Kier alpha value is -2.82. The summed E-state index contributed by atoms with van der Waals surface area (Å²) in [6.07, 6.45) is 1.86. The summed E-state index contributed by atoms with van der Waals surface area (Å²) in [5.41, 5.74) is 1.64. The smallest absolute Gasteiger partial charge is 0.341 e. The van der Waals surface area contributed by atoms with Crippen LogP contribution in [0.4, 0.5) is 11.4 Å². The Labute approximate surface area is 207 Å². The molecule has 0 amide bonds. The van der Waals surface area contributed by atoms with Crippen molar-refractivity contribution in [3.63, 3.8) is 0 Å². The van der Waals surface area contributed by atoms with E-state index in [2.05, 4.69) is 14.9 Å². The van der Waals surface area contributed by atoms with Crippen LogP contribution in [-0.4, -0.2) is 70.9 Å². The Morgan fingerprint density at radius 3 is 2.46 bits per heavy atom. The molecule has 35 heavy (non-hydrogen) atoms. The normalized spacial score (nSPS) is 14.5. The fourth-order valence-electron chi connectivity index (χ4n) is 4.26. The maximum atomic E-state index is 13.5. The summed E-state index contributed by atoms with van der Waals surface area (Å²) >= 11 is 0. The number of sulfonamides is 1. The van der Waals surface area contributed by atoms with Crippen molar-refractivity contribution >= 4 is 27.4 Å². The number of carbonyl (C=O) groups is 1. The molecule has 0 saturated carbocycles. The van der Waals surface area contributed by atoms with Crippen LogP contribution >= 0.6 is 0 Å². The summed E-state index contributed by atoms with van der Waals surface area (Å²) < 4.78 is 40.3. The molecule has 1 aliphatic heterocycles. The zero-order chi connectivity index (χ0) is 25.4. The third kappa shape index (κ3) is 6.45. The molecule has 192 valence electrons. The van der Waals surface area contributed by atoms with Gasteiger partial charge in [-0.05, 0) is 49.1 Å². The van der Waals surface area contributed by atoms with Gasteiger partial charge in [-0.15, -0.1) is 0 Å². The maximum absolute atomic E-state index is 13.5. The number of carboxylic acids is 1. The van der Waals surface area contributed by atoms with E-state index in [1.165, 1.54) is 13.2 Å². The number of rotatable bonds is 12. The molecular weight excluding hydrogens is 470 g/mol. The van der Waals surface area contributed by atoms with Crippen LogP contribution in [0.5, 0.6) is 5.75 Å². The lowest BCUT2D eigenvalue weighted by atomic mass is 9.98. The fourth-order valence-corrected chi connectivity index (χ4v) is 5.56. The van der Waals surface area contributed by atoms with Crippen LogP contribution in [0.1, 0.15) is 41.8 Å². The number of nitrogens with one attached hydrogen (secondary N) is 2. The molecule has 0 atom stereocenters. The first-order valence-corrected chi connectivity index (χ1v) is 13.4.